The standard InChI is InChI=1S/C23H16ClFN6O2S.C23H18ClFN6O2S/c1-12-28-16-10-27-11-18(20(16)29(12)2)31-22(32)21-17(30(23(31)33)7-3-6-26)9-19(34-21)14-5-4-13(25)8-15(14)24;1-14-28-16(13-29(14)2)12-27-7-9-31-22(32)21-19(30(23(31)33)8-3-6-26)11-20(34-21)17-5-4-15(25)10-18(17)24/h4-5,8-11H,3,7H2,1-2H3;4-5,7,9-13H,3,8H2,1-2H3/b;9-7+,27-12?. The third-order valence-electron chi connectivity index (χ3n) is 10.8. The predicted molar refractivity (Wildman–Crippen MR) is 261 cm³/mol. The molecule has 342 valence electrons. The molecule has 0 fully saturated rings. The average molecular weight is 992 g/mol. The number of imidazole rings is 2. The molecule has 22 heteroatoms. The molecular formula is C46H34Cl2F2N12O4S2. The van der Waals surface area contributed by atoms with Crippen LogP contribution < -0.4 is 22.5 Å². The normalized spacial score (nSPS) is 11.6. The number of pyridine rings is 1. The van der Waals surface area contributed by atoms with E-state index in [0.29, 0.717) is 69.6 Å². The van der Waals surface area contributed by atoms with Gasteiger partial charge in [0.25, 0.3) is 11.1 Å². The van der Waals surface area contributed by atoms with Crippen LogP contribution >= 0.6 is 45.9 Å². The molecule has 0 aliphatic carbocycles. The van der Waals surface area contributed by atoms with E-state index in [9.17, 15) is 28.0 Å². The molecular weight excluding hydrogens is 958 g/mol. The van der Waals surface area contributed by atoms with Crippen molar-refractivity contribution in [2.45, 2.75) is 39.8 Å². The van der Waals surface area contributed by atoms with Crippen molar-refractivity contribution < 1.29 is 8.78 Å². The summed E-state index contributed by atoms with van der Waals surface area (Å²) >= 11 is 14.7. The summed E-state index contributed by atoms with van der Waals surface area (Å²) in [5, 5.41) is 18.6. The van der Waals surface area contributed by atoms with Gasteiger partial charge in [0.05, 0.1) is 81.6 Å². The lowest BCUT2D eigenvalue weighted by Gasteiger charge is -2.12. The van der Waals surface area contributed by atoms with Gasteiger partial charge in [-0.1, -0.05) is 23.2 Å². The number of aromatic nitrogens is 9. The smallest absolute Gasteiger partial charge is 0.336 e. The van der Waals surface area contributed by atoms with E-state index < -0.39 is 34.1 Å². The molecule has 16 nitrogen and oxygen atoms in total. The van der Waals surface area contributed by atoms with Crippen molar-refractivity contribution in [3.8, 4) is 38.7 Å². The van der Waals surface area contributed by atoms with Crippen molar-refractivity contribution in [2.24, 2.45) is 19.1 Å². The molecule has 0 aliphatic heterocycles. The molecule has 2 aromatic carbocycles. The number of aryl methyl sites for hydroxylation is 6. The Balaban J connectivity index is 0.000000184. The number of nitrogens with zero attached hydrogens (tertiary/aromatic N) is 12. The Kier molecular flexibility index (Phi) is 13.3. The summed E-state index contributed by atoms with van der Waals surface area (Å²) in [6, 6.07) is 15.4. The first-order valence-corrected chi connectivity index (χ1v) is 22.7. The van der Waals surface area contributed by atoms with Crippen molar-refractivity contribution in [3.05, 3.63) is 154 Å². The second-order valence-electron chi connectivity index (χ2n) is 15.0. The molecule has 0 bridgehead atoms. The maximum absolute atomic E-state index is 13.7. The highest BCUT2D eigenvalue weighted by molar-refractivity contribution is 7.22. The van der Waals surface area contributed by atoms with Crippen molar-refractivity contribution in [3.63, 3.8) is 0 Å². The molecule has 0 spiro atoms. The summed E-state index contributed by atoms with van der Waals surface area (Å²) in [4.78, 5) is 71.8. The monoisotopic (exact) mass is 990 g/mol. The molecule has 7 aromatic heterocycles. The van der Waals surface area contributed by atoms with Gasteiger partial charge < -0.3 is 9.13 Å². The largest absolute Gasteiger partial charge is 0.338 e. The predicted octanol–water partition coefficient (Wildman–Crippen LogP) is 8.36. The number of nitriles is 2. The molecule has 7 heterocycles. The van der Waals surface area contributed by atoms with Crippen LogP contribution in [0.3, 0.4) is 0 Å². The third kappa shape index (κ3) is 8.85. The Hall–Kier alpha value is -7.62. The van der Waals surface area contributed by atoms with E-state index in [1.54, 1.807) is 36.1 Å². The van der Waals surface area contributed by atoms with Crippen LogP contribution in [0.5, 0.6) is 0 Å². The summed E-state index contributed by atoms with van der Waals surface area (Å²) in [7, 11) is 3.66. The SMILES string of the molecule is Cc1nc(C=N/C=C/n2c(=O)c3sc(-c4ccc(F)cc4Cl)cc3n(CCC#N)c2=O)cn1C.Cc1nc2cncc(-n3c(=O)c4sc(-c5ccc(F)cc5Cl)cc4n(CCC#N)c3=O)c2n1C. The first kappa shape index (κ1) is 46.9. The molecule has 0 saturated heterocycles. The fourth-order valence-electron chi connectivity index (χ4n) is 7.36. The van der Waals surface area contributed by atoms with Crippen LogP contribution in [0.25, 0.3) is 64.2 Å². The van der Waals surface area contributed by atoms with Crippen LogP contribution in [0.4, 0.5) is 8.78 Å². The molecule has 0 radical (unpaired) electrons. The average Bonchev–Trinajstić information content (AvgIpc) is 4.08. The van der Waals surface area contributed by atoms with Crippen LogP contribution in [0.1, 0.15) is 30.2 Å². The maximum Gasteiger partial charge on any atom is 0.336 e. The van der Waals surface area contributed by atoms with Gasteiger partial charge in [0.15, 0.2) is 0 Å². The minimum absolute atomic E-state index is 0.0724. The number of halogens is 4. The number of rotatable bonds is 10. The lowest BCUT2D eigenvalue weighted by molar-refractivity contribution is 0.627. The van der Waals surface area contributed by atoms with Crippen molar-refractivity contribution in [1.29, 1.82) is 10.5 Å². The minimum Gasteiger partial charge on any atom is -0.338 e. The zero-order valence-corrected chi connectivity index (χ0v) is 39.4. The van der Waals surface area contributed by atoms with Gasteiger partial charge in [-0.3, -0.25) is 28.7 Å². The summed E-state index contributed by atoms with van der Waals surface area (Å²) in [5.74, 6) is 0.569. The molecule has 0 aliphatic rings. The van der Waals surface area contributed by atoms with Gasteiger partial charge in [-0.2, -0.15) is 10.5 Å². The first-order valence-electron chi connectivity index (χ1n) is 20.3. The van der Waals surface area contributed by atoms with Gasteiger partial charge in [-0.05, 0) is 62.4 Å². The molecule has 0 saturated carbocycles. The molecule has 0 amide bonds. The van der Waals surface area contributed by atoms with Crippen LogP contribution in [-0.2, 0) is 27.2 Å². The third-order valence-corrected chi connectivity index (χ3v) is 13.7. The first-order chi connectivity index (χ1) is 32.6. The summed E-state index contributed by atoms with van der Waals surface area (Å²) < 4.78 is 36.1. The van der Waals surface area contributed by atoms with Gasteiger partial charge in [0.1, 0.15) is 38.2 Å². The fraction of sp³-hybridized carbons (Fsp3) is 0.174. The number of hydrogen-bond donors (Lipinski definition) is 0. The van der Waals surface area contributed by atoms with Crippen molar-refractivity contribution >= 4 is 89.8 Å². The second kappa shape index (κ2) is 19.3. The molecule has 0 N–H and O–H groups in total. The van der Waals surface area contributed by atoms with E-state index >= 15 is 0 Å². The quantitative estimate of drug-likeness (QED) is 0.121. The highest BCUT2D eigenvalue weighted by Gasteiger charge is 2.23. The van der Waals surface area contributed by atoms with Crippen LogP contribution in [0, 0.1) is 48.1 Å². The molecule has 9 aromatic rings. The van der Waals surface area contributed by atoms with Crippen LogP contribution in [0.2, 0.25) is 10.0 Å². The maximum atomic E-state index is 13.7. The Labute approximate surface area is 401 Å². The number of thiophene rings is 2. The number of aliphatic imine (C=N–C) groups is 1. The highest BCUT2D eigenvalue weighted by atomic mass is 35.5. The highest BCUT2D eigenvalue weighted by Crippen LogP contribution is 2.37. The Morgan fingerprint density at radius 3 is 1.88 bits per heavy atom. The van der Waals surface area contributed by atoms with Crippen molar-refractivity contribution in [1.82, 2.24) is 42.4 Å². The Morgan fingerprint density at radius 2 is 1.34 bits per heavy atom. The molecule has 9 rings (SSSR count). The van der Waals surface area contributed by atoms with E-state index in [1.165, 1.54) is 70.3 Å². The fourth-order valence-corrected chi connectivity index (χ4v) is 10.3. The molecule has 68 heavy (non-hydrogen) atoms. The second-order valence-corrected chi connectivity index (χ2v) is 18.0. The summed E-state index contributed by atoms with van der Waals surface area (Å²) in [6.45, 7) is 3.87. The zero-order chi connectivity index (χ0) is 48.6. The Bertz CT molecular complexity index is 3880. The van der Waals surface area contributed by atoms with Crippen LogP contribution in [-0.4, -0.2) is 48.6 Å². The Morgan fingerprint density at radius 1 is 0.765 bits per heavy atom. The van der Waals surface area contributed by atoms with E-state index in [0.717, 1.165) is 37.6 Å². The van der Waals surface area contributed by atoms with Crippen LogP contribution in [0.15, 0.2) is 97.5 Å². The lowest BCUT2D eigenvalue weighted by atomic mass is 10.2. The topological polar surface area (TPSA) is 196 Å². The van der Waals surface area contributed by atoms with Gasteiger partial charge in [-0.15, -0.1) is 22.7 Å². The van der Waals surface area contributed by atoms with Gasteiger partial charge in [0, 0.05) is 66.7 Å². The molecule has 0 unspecified atom stereocenters. The zero-order valence-electron chi connectivity index (χ0n) is 36.2. The minimum atomic E-state index is -0.595. The van der Waals surface area contributed by atoms with Gasteiger partial charge in [0.2, 0.25) is 0 Å². The number of hydrogen-bond acceptors (Lipinski definition) is 12. The van der Waals surface area contributed by atoms with E-state index in [-0.39, 0.29) is 36.0 Å². The van der Waals surface area contributed by atoms with E-state index in [2.05, 4.69) is 19.9 Å². The van der Waals surface area contributed by atoms with E-state index in [4.69, 9.17) is 33.7 Å². The lowest BCUT2D eigenvalue weighted by Crippen LogP contribution is -2.38. The summed E-state index contributed by atoms with van der Waals surface area (Å²) in [6.07, 6.45) is 9.11. The summed E-state index contributed by atoms with van der Waals surface area (Å²) in [5.41, 5.74) is 1.73. The van der Waals surface area contributed by atoms with E-state index in [1.807, 2.05) is 37.6 Å². The van der Waals surface area contributed by atoms with Gasteiger partial charge in [-0.25, -0.2) is 37.5 Å². The number of benzene rings is 2. The molecule has 0 atom stereocenters. The van der Waals surface area contributed by atoms with Crippen molar-refractivity contribution in [2.75, 3.05) is 0 Å². The number of fused-ring (bicyclic) bond motifs is 3. The van der Waals surface area contributed by atoms with Gasteiger partial charge >= 0.3 is 11.4 Å².